The summed E-state index contributed by atoms with van der Waals surface area (Å²) >= 11 is 0. The van der Waals surface area contributed by atoms with Crippen molar-refractivity contribution in [1.29, 1.82) is 0 Å². The van der Waals surface area contributed by atoms with E-state index in [1.807, 2.05) is 6.92 Å². The zero-order valence-electron chi connectivity index (χ0n) is 11.2. The van der Waals surface area contributed by atoms with Gasteiger partial charge in [-0.05, 0) is 56.1 Å². The Kier molecular flexibility index (Phi) is 3.39. The van der Waals surface area contributed by atoms with Crippen molar-refractivity contribution in [2.45, 2.75) is 37.5 Å². The molecular weight excluding hydrogens is 260 g/mol. The van der Waals surface area contributed by atoms with Gasteiger partial charge in [0.05, 0.1) is 11.5 Å². The number of fused-ring (bicyclic) bond motifs is 2. The molecule has 4 heteroatoms. The minimum atomic E-state index is -3.58. The van der Waals surface area contributed by atoms with Crippen LogP contribution in [0.4, 0.5) is 0 Å². The van der Waals surface area contributed by atoms with Crippen LogP contribution in [0.2, 0.25) is 0 Å². The van der Waals surface area contributed by atoms with Crippen LogP contribution in [0.1, 0.15) is 31.2 Å². The molecule has 2 aliphatic rings. The highest BCUT2D eigenvalue weighted by atomic mass is 32.2. The van der Waals surface area contributed by atoms with Gasteiger partial charge < -0.3 is 0 Å². The van der Waals surface area contributed by atoms with Crippen LogP contribution >= 0.6 is 0 Å². The van der Waals surface area contributed by atoms with E-state index in [9.17, 15) is 8.42 Å². The van der Waals surface area contributed by atoms with E-state index in [0.29, 0.717) is 18.4 Å². The van der Waals surface area contributed by atoms with Crippen molar-refractivity contribution in [1.82, 2.24) is 0 Å². The van der Waals surface area contributed by atoms with Gasteiger partial charge in [0, 0.05) is 0 Å². The summed E-state index contributed by atoms with van der Waals surface area (Å²) in [6, 6.07) is 6.83. The Bertz CT molecular complexity index is 547. The first-order valence-corrected chi connectivity index (χ1v) is 8.41. The molecule has 0 aromatic heterocycles. The van der Waals surface area contributed by atoms with Crippen LogP contribution in [0.25, 0.3) is 0 Å². The van der Waals surface area contributed by atoms with Gasteiger partial charge >= 0.3 is 0 Å². The summed E-state index contributed by atoms with van der Waals surface area (Å²) in [7, 11) is -3.58. The zero-order chi connectivity index (χ0) is 13.5. The van der Waals surface area contributed by atoms with Gasteiger partial charge in [-0.2, -0.15) is 8.42 Å². The third-order valence-corrected chi connectivity index (χ3v) is 5.93. The predicted octanol–water partition coefficient (Wildman–Crippen LogP) is 3.14. The quantitative estimate of drug-likeness (QED) is 0.796. The van der Waals surface area contributed by atoms with Gasteiger partial charge in [0.15, 0.2) is 0 Å². The molecule has 2 saturated carbocycles. The van der Waals surface area contributed by atoms with Crippen molar-refractivity contribution >= 4 is 10.1 Å². The Hall–Kier alpha value is -0.870. The second kappa shape index (κ2) is 4.91. The number of hydrogen-bond donors (Lipinski definition) is 0. The van der Waals surface area contributed by atoms with Crippen LogP contribution < -0.4 is 0 Å². The van der Waals surface area contributed by atoms with E-state index in [1.54, 1.807) is 24.3 Å². The predicted molar refractivity (Wildman–Crippen MR) is 73.3 cm³/mol. The van der Waals surface area contributed by atoms with Crippen LogP contribution in [0, 0.1) is 24.7 Å². The first-order chi connectivity index (χ1) is 9.04. The Labute approximate surface area is 115 Å². The van der Waals surface area contributed by atoms with Gasteiger partial charge in [0.25, 0.3) is 10.1 Å². The fraction of sp³-hybridized carbons (Fsp3) is 0.600. The molecular formula is C15H20O3S. The molecule has 0 N–H and O–H groups in total. The minimum absolute atomic E-state index is 0.265. The van der Waals surface area contributed by atoms with Crippen LogP contribution in [0.3, 0.4) is 0 Å². The molecule has 3 nitrogen and oxygen atoms in total. The van der Waals surface area contributed by atoms with Gasteiger partial charge in [-0.1, -0.05) is 24.1 Å². The lowest BCUT2D eigenvalue weighted by atomic mass is 9.90. The van der Waals surface area contributed by atoms with Crippen molar-refractivity contribution in [3.8, 4) is 0 Å². The van der Waals surface area contributed by atoms with Crippen LogP contribution in [0.15, 0.2) is 29.2 Å². The van der Waals surface area contributed by atoms with Crippen molar-refractivity contribution in [2.75, 3.05) is 6.61 Å². The highest BCUT2D eigenvalue weighted by Gasteiger charge is 2.40. The first kappa shape index (κ1) is 13.1. The molecule has 0 radical (unpaired) electrons. The van der Waals surface area contributed by atoms with Crippen molar-refractivity contribution < 1.29 is 12.6 Å². The molecule has 1 aromatic rings. The Morgan fingerprint density at radius 2 is 1.89 bits per heavy atom. The molecule has 0 unspecified atom stereocenters. The van der Waals surface area contributed by atoms with E-state index in [1.165, 1.54) is 19.3 Å². The third kappa shape index (κ3) is 2.70. The number of aryl methyl sites for hydroxylation is 1. The average Bonchev–Trinajstić information content (AvgIpc) is 2.99. The van der Waals surface area contributed by atoms with E-state index >= 15 is 0 Å². The topological polar surface area (TPSA) is 43.4 Å². The fourth-order valence-electron chi connectivity index (χ4n) is 3.53. The lowest BCUT2D eigenvalue weighted by molar-refractivity contribution is 0.200. The molecule has 0 heterocycles. The number of rotatable bonds is 4. The summed E-state index contributed by atoms with van der Waals surface area (Å²) in [6.45, 7) is 2.30. The minimum Gasteiger partial charge on any atom is -0.266 e. The normalized spacial score (nSPS) is 29.8. The van der Waals surface area contributed by atoms with Crippen molar-refractivity contribution in [3.05, 3.63) is 29.8 Å². The van der Waals surface area contributed by atoms with Crippen LogP contribution in [-0.4, -0.2) is 15.0 Å². The number of hydrogen-bond acceptors (Lipinski definition) is 3. The molecule has 2 aliphatic carbocycles. The van der Waals surface area contributed by atoms with Gasteiger partial charge in [-0.15, -0.1) is 0 Å². The van der Waals surface area contributed by atoms with E-state index < -0.39 is 10.1 Å². The highest BCUT2D eigenvalue weighted by molar-refractivity contribution is 7.86. The van der Waals surface area contributed by atoms with E-state index in [4.69, 9.17) is 4.18 Å². The SMILES string of the molecule is Cc1ccc(S(=O)(=O)OC[C@H]2C[C@@H]3CC[C@@H]2C3)cc1. The zero-order valence-corrected chi connectivity index (χ0v) is 12.0. The molecule has 1 aromatic carbocycles. The Balaban J connectivity index is 1.64. The van der Waals surface area contributed by atoms with Gasteiger partial charge in [-0.3, -0.25) is 4.18 Å². The molecule has 3 atom stereocenters. The van der Waals surface area contributed by atoms with Gasteiger partial charge in [0.1, 0.15) is 0 Å². The van der Waals surface area contributed by atoms with Crippen LogP contribution in [0.5, 0.6) is 0 Å². The summed E-state index contributed by atoms with van der Waals surface area (Å²) in [4.78, 5) is 0.265. The monoisotopic (exact) mass is 280 g/mol. The first-order valence-electron chi connectivity index (χ1n) is 7.01. The maximum absolute atomic E-state index is 12.1. The molecule has 0 spiro atoms. The van der Waals surface area contributed by atoms with Gasteiger partial charge in [-0.25, -0.2) is 0 Å². The largest absolute Gasteiger partial charge is 0.296 e. The maximum atomic E-state index is 12.1. The smallest absolute Gasteiger partial charge is 0.266 e. The second-order valence-corrected chi connectivity index (χ2v) is 7.60. The highest BCUT2D eigenvalue weighted by Crippen LogP contribution is 2.48. The Morgan fingerprint density at radius 3 is 2.47 bits per heavy atom. The average molecular weight is 280 g/mol. The molecule has 2 fully saturated rings. The number of benzene rings is 1. The van der Waals surface area contributed by atoms with E-state index in [0.717, 1.165) is 17.9 Å². The lowest BCUT2D eigenvalue weighted by Crippen LogP contribution is -2.19. The van der Waals surface area contributed by atoms with E-state index in [-0.39, 0.29) is 4.90 Å². The molecule has 0 saturated heterocycles. The second-order valence-electron chi connectivity index (χ2n) is 5.99. The van der Waals surface area contributed by atoms with Crippen molar-refractivity contribution in [3.63, 3.8) is 0 Å². The maximum Gasteiger partial charge on any atom is 0.296 e. The van der Waals surface area contributed by atoms with E-state index in [2.05, 4.69) is 0 Å². The summed E-state index contributed by atoms with van der Waals surface area (Å²) < 4.78 is 29.4. The molecule has 3 rings (SSSR count). The fourth-order valence-corrected chi connectivity index (χ4v) is 4.49. The summed E-state index contributed by atoms with van der Waals surface area (Å²) in [5.41, 5.74) is 1.05. The molecule has 0 amide bonds. The molecule has 2 bridgehead atoms. The van der Waals surface area contributed by atoms with Gasteiger partial charge in [0.2, 0.25) is 0 Å². The summed E-state index contributed by atoms with van der Waals surface area (Å²) in [6.07, 6.45) is 5.00. The standard InChI is InChI=1S/C15H20O3S/c1-11-2-6-15(7-3-11)19(16,17)18-10-14-9-12-4-5-13(14)8-12/h2-3,6-7,12-14H,4-5,8-10H2,1H3/t12-,13-,14-/m1/s1. The molecule has 0 aliphatic heterocycles. The molecule has 19 heavy (non-hydrogen) atoms. The van der Waals surface area contributed by atoms with Crippen LogP contribution in [-0.2, 0) is 14.3 Å². The van der Waals surface area contributed by atoms with Crippen molar-refractivity contribution in [2.24, 2.45) is 17.8 Å². The Morgan fingerprint density at radius 1 is 1.16 bits per heavy atom. The summed E-state index contributed by atoms with van der Waals surface area (Å²) in [5.74, 6) is 1.96. The lowest BCUT2D eigenvalue weighted by Gasteiger charge is -2.21. The third-order valence-electron chi connectivity index (χ3n) is 4.63. The molecule has 104 valence electrons. The summed E-state index contributed by atoms with van der Waals surface area (Å²) in [5, 5.41) is 0.